The van der Waals surface area contributed by atoms with Crippen LogP contribution in [0.2, 0.25) is 0 Å². The molecule has 0 aromatic heterocycles. The molecule has 2 aromatic carbocycles. The number of thiocarbonyl (C=S) groups is 1. The van der Waals surface area contributed by atoms with Gasteiger partial charge in [0.15, 0.2) is 5.11 Å². The van der Waals surface area contributed by atoms with E-state index in [0.29, 0.717) is 10.8 Å². The lowest BCUT2D eigenvalue weighted by atomic mass is 10.1. The number of hydrogen-bond donors (Lipinski definition) is 2. The molecule has 6 heteroatoms. The third kappa shape index (κ3) is 4.96. The van der Waals surface area contributed by atoms with E-state index in [1.807, 2.05) is 38.1 Å². The molecule has 0 unspecified atom stereocenters. The Morgan fingerprint density at radius 2 is 1.57 bits per heavy atom. The van der Waals surface area contributed by atoms with Crippen LogP contribution in [0, 0.1) is 6.92 Å². The van der Waals surface area contributed by atoms with Crippen LogP contribution in [0.4, 0.5) is 18.9 Å². The van der Waals surface area contributed by atoms with Crippen molar-refractivity contribution in [3.63, 3.8) is 0 Å². The van der Waals surface area contributed by atoms with Gasteiger partial charge in [-0.05, 0) is 55.9 Å². The van der Waals surface area contributed by atoms with Crippen LogP contribution in [0.5, 0.6) is 0 Å². The Labute approximate surface area is 138 Å². The largest absolute Gasteiger partial charge is 0.416 e. The first-order valence-electron chi connectivity index (χ1n) is 7.07. The molecule has 2 N–H and O–H groups in total. The van der Waals surface area contributed by atoms with Crippen LogP contribution in [0.1, 0.15) is 29.7 Å². The normalized spacial score (nSPS) is 12.6. The van der Waals surface area contributed by atoms with Crippen molar-refractivity contribution in [3.05, 3.63) is 65.2 Å². The second-order valence-corrected chi connectivity index (χ2v) is 5.71. The van der Waals surface area contributed by atoms with Crippen molar-refractivity contribution < 1.29 is 13.2 Å². The third-order valence-corrected chi connectivity index (χ3v) is 3.61. The van der Waals surface area contributed by atoms with E-state index in [0.717, 1.165) is 17.7 Å². The number of alkyl halides is 3. The molecular weight excluding hydrogens is 321 g/mol. The molecule has 2 nitrogen and oxygen atoms in total. The molecule has 0 saturated carbocycles. The maximum atomic E-state index is 12.5. The molecule has 0 aliphatic heterocycles. The van der Waals surface area contributed by atoms with E-state index in [-0.39, 0.29) is 6.04 Å². The lowest BCUT2D eigenvalue weighted by molar-refractivity contribution is -0.137. The fourth-order valence-corrected chi connectivity index (χ4v) is 2.34. The molecule has 2 aromatic rings. The van der Waals surface area contributed by atoms with Crippen LogP contribution >= 0.6 is 12.2 Å². The van der Waals surface area contributed by atoms with E-state index >= 15 is 0 Å². The molecule has 0 spiro atoms. The Kier molecular flexibility index (Phi) is 5.26. The summed E-state index contributed by atoms with van der Waals surface area (Å²) in [5, 5.41) is 6.35. The predicted molar refractivity (Wildman–Crippen MR) is 90.4 cm³/mol. The van der Waals surface area contributed by atoms with E-state index in [2.05, 4.69) is 10.6 Å². The van der Waals surface area contributed by atoms with Gasteiger partial charge in [-0.1, -0.05) is 29.8 Å². The van der Waals surface area contributed by atoms with E-state index in [4.69, 9.17) is 12.2 Å². The fourth-order valence-electron chi connectivity index (χ4n) is 2.04. The maximum absolute atomic E-state index is 12.5. The molecular formula is C17H17F3N2S. The summed E-state index contributed by atoms with van der Waals surface area (Å²) in [6.45, 7) is 3.98. The molecule has 0 bridgehead atoms. The summed E-state index contributed by atoms with van der Waals surface area (Å²) in [7, 11) is 0. The molecule has 23 heavy (non-hydrogen) atoms. The van der Waals surface area contributed by atoms with Gasteiger partial charge in [-0.15, -0.1) is 0 Å². The quantitative estimate of drug-likeness (QED) is 0.765. The molecule has 0 radical (unpaired) electrons. The van der Waals surface area contributed by atoms with Gasteiger partial charge < -0.3 is 10.6 Å². The maximum Gasteiger partial charge on any atom is 0.416 e. The number of hydrogen-bond acceptors (Lipinski definition) is 1. The Morgan fingerprint density at radius 1 is 1.00 bits per heavy atom. The summed E-state index contributed by atoms with van der Waals surface area (Å²) in [5.74, 6) is 0. The van der Waals surface area contributed by atoms with Crippen LogP contribution in [0.25, 0.3) is 0 Å². The summed E-state index contributed by atoms with van der Waals surface area (Å²) in [5.41, 5.74) is 2.07. The zero-order valence-corrected chi connectivity index (χ0v) is 13.6. The second-order valence-electron chi connectivity index (χ2n) is 5.31. The van der Waals surface area contributed by atoms with Crippen molar-refractivity contribution in [2.45, 2.75) is 26.1 Å². The van der Waals surface area contributed by atoms with Crippen molar-refractivity contribution in [1.82, 2.24) is 5.32 Å². The molecule has 0 aliphatic carbocycles. The number of aryl methyl sites for hydroxylation is 1. The summed E-state index contributed by atoms with van der Waals surface area (Å²) >= 11 is 5.20. The van der Waals surface area contributed by atoms with Gasteiger partial charge in [-0.3, -0.25) is 0 Å². The number of rotatable bonds is 3. The summed E-state index contributed by atoms with van der Waals surface area (Å²) in [4.78, 5) is 0. The summed E-state index contributed by atoms with van der Waals surface area (Å²) in [6.07, 6.45) is -4.34. The zero-order valence-electron chi connectivity index (χ0n) is 12.7. The minimum absolute atomic E-state index is 0.00921. The fraction of sp³-hybridized carbons (Fsp3) is 0.235. The van der Waals surface area contributed by atoms with Gasteiger partial charge in [0, 0.05) is 5.69 Å². The Hall–Kier alpha value is -2.08. The van der Waals surface area contributed by atoms with Crippen LogP contribution in [0.15, 0.2) is 48.5 Å². The highest BCUT2D eigenvalue weighted by atomic mass is 32.1. The number of nitrogens with one attached hydrogen (secondary N) is 2. The van der Waals surface area contributed by atoms with E-state index in [1.54, 1.807) is 0 Å². The smallest absolute Gasteiger partial charge is 0.356 e. The monoisotopic (exact) mass is 338 g/mol. The van der Waals surface area contributed by atoms with Gasteiger partial charge in [-0.25, -0.2) is 0 Å². The molecule has 0 heterocycles. The Balaban J connectivity index is 1.95. The first-order chi connectivity index (χ1) is 10.8. The van der Waals surface area contributed by atoms with E-state index in [9.17, 15) is 13.2 Å². The predicted octanol–water partition coefficient (Wildman–Crippen LogP) is 5.06. The van der Waals surface area contributed by atoms with Crippen LogP contribution in [0.3, 0.4) is 0 Å². The zero-order chi connectivity index (χ0) is 17.0. The van der Waals surface area contributed by atoms with Gasteiger partial charge in [0.2, 0.25) is 0 Å². The second kappa shape index (κ2) is 7.00. The molecule has 0 saturated heterocycles. The number of halogens is 3. The molecule has 0 aliphatic rings. The number of benzene rings is 2. The first kappa shape index (κ1) is 17.3. The third-order valence-electron chi connectivity index (χ3n) is 3.40. The molecule has 122 valence electrons. The van der Waals surface area contributed by atoms with Gasteiger partial charge in [0.25, 0.3) is 0 Å². The number of anilines is 1. The molecule has 0 fully saturated rings. The standard InChI is InChI=1S/C17H17F3N2S/c1-11-3-5-13(6-4-11)12(2)21-16(23)22-15-9-7-14(8-10-15)17(18,19)20/h3-10,12H,1-2H3,(H2,21,22,23)/t12-/m0/s1. The highest BCUT2D eigenvalue weighted by molar-refractivity contribution is 7.80. The molecule has 2 rings (SSSR count). The van der Waals surface area contributed by atoms with E-state index < -0.39 is 11.7 Å². The summed E-state index contributed by atoms with van der Waals surface area (Å²) in [6, 6.07) is 12.8. The van der Waals surface area contributed by atoms with Crippen molar-refractivity contribution in [2.24, 2.45) is 0 Å². The van der Waals surface area contributed by atoms with Crippen molar-refractivity contribution in [3.8, 4) is 0 Å². The van der Waals surface area contributed by atoms with Gasteiger partial charge in [0.1, 0.15) is 0 Å². The van der Waals surface area contributed by atoms with Crippen LogP contribution in [-0.4, -0.2) is 5.11 Å². The van der Waals surface area contributed by atoms with Gasteiger partial charge in [0.05, 0.1) is 11.6 Å². The van der Waals surface area contributed by atoms with Crippen LogP contribution < -0.4 is 10.6 Å². The van der Waals surface area contributed by atoms with Crippen molar-refractivity contribution >= 4 is 23.0 Å². The minimum Gasteiger partial charge on any atom is -0.356 e. The molecule has 1 atom stereocenters. The first-order valence-corrected chi connectivity index (χ1v) is 7.48. The summed E-state index contributed by atoms with van der Waals surface area (Å²) < 4.78 is 37.5. The Morgan fingerprint density at radius 3 is 2.09 bits per heavy atom. The lowest BCUT2D eigenvalue weighted by Crippen LogP contribution is -2.30. The average molecular weight is 338 g/mol. The van der Waals surface area contributed by atoms with Crippen LogP contribution in [-0.2, 0) is 6.18 Å². The minimum atomic E-state index is -4.34. The Bertz CT molecular complexity index is 664. The highest BCUT2D eigenvalue weighted by Gasteiger charge is 2.29. The molecule has 0 amide bonds. The van der Waals surface area contributed by atoms with Crippen molar-refractivity contribution in [2.75, 3.05) is 5.32 Å². The topological polar surface area (TPSA) is 24.1 Å². The van der Waals surface area contributed by atoms with Gasteiger partial charge in [-0.2, -0.15) is 13.2 Å². The lowest BCUT2D eigenvalue weighted by Gasteiger charge is -2.18. The van der Waals surface area contributed by atoms with Crippen molar-refractivity contribution in [1.29, 1.82) is 0 Å². The SMILES string of the molecule is Cc1ccc([C@H](C)NC(=S)Nc2ccc(C(F)(F)F)cc2)cc1. The van der Waals surface area contributed by atoms with Gasteiger partial charge >= 0.3 is 6.18 Å². The highest BCUT2D eigenvalue weighted by Crippen LogP contribution is 2.29. The van der Waals surface area contributed by atoms with E-state index in [1.165, 1.54) is 17.7 Å². The average Bonchev–Trinajstić information content (AvgIpc) is 2.47.